The van der Waals surface area contributed by atoms with Crippen LogP contribution in [0.4, 0.5) is 0 Å². The molecule has 0 bridgehead atoms. The van der Waals surface area contributed by atoms with Crippen LogP contribution in [0, 0.1) is 20.8 Å². The quantitative estimate of drug-likeness (QED) is 0.266. The van der Waals surface area contributed by atoms with Gasteiger partial charge in [0.15, 0.2) is 24.4 Å². The summed E-state index contributed by atoms with van der Waals surface area (Å²) in [5, 5.41) is 0. The maximum Gasteiger partial charge on any atom is 0.339 e. The van der Waals surface area contributed by atoms with Crippen molar-refractivity contribution in [3.63, 3.8) is 0 Å². The number of carbonyl (C=O) groups is 4. The summed E-state index contributed by atoms with van der Waals surface area (Å²) < 4.78 is 28.6. The molecule has 10 heteroatoms. The summed E-state index contributed by atoms with van der Waals surface area (Å²) in [6, 6.07) is 20.0. The zero-order valence-electron chi connectivity index (χ0n) is 23.9. The molecule has 0 radical (unpaired) electrons. The number of thioether (sulfide) groups is 1. The molecule has 1 saturated heterocycles. The zero-order valence-corrected chi connectivity index (χ0v) is 24.7. The van der Waals surface area contributed by atoms with Gasteiger partial charge in [-0.05, 0) is 63.4 Å². The van der Waals surface area contributed by atoms with Crippen LogP contribution in [0.5, 0.6) is 0 Å². The largest absolute Gasteiger partial charge is 0.467 e. The van der Waals surface area contributed by atoms with Gasteiger partial charge in [0, 0.05) is 0 Å². The summed E-state index contributed by atoms with van der Waals surface area (Å²) in [5.74, 6) is -3.12. The number of rotatable bonds is 8. The molecule has 42 heavy (non-hydrogen) atoms. The van der Waals surface area contributed by atoms with Gasteiger partial charge in [-0.25, -0.2) is 19.2 Å². The number of esters is 4. The summed E-state index contributed by atoms with van der Waals surface area (Å²) in [4.78, 5) is 52.8. The van der Waals surface area contributed by atoms with E-state index >= 15 is 0 Å². The van der Waals surface area contributed by atoms with E-state index < -0.39 is 53.7 Å². The molecule has 4 rings (SSSR count). The molecule has 0 aromatic heterocycles. The van der Waals surface area contributed by atoms with Crippen molar-refractivity contribution < 1.29 is 42.9 Å². The zero-order chi connectivity index (χ0) is 30.4. The number of aryl methyl sites for hydroxylation is 3. The third kappa shape index (κ3) is 7.18. The predicted octanol–water partition coefficient (Wildman–Crippen LogP) is 4.85. The number of benzene rings is 3. The first kappa shape index (κ1) is 30.8. The Bertz CT molecular complexity index is 1420. The molecular weight excluding hydrogens is 560 g/mol. The fraction of sp³-hybridized carbons (Fsp3) is 0.312. The average molecular weight is 593 g/mol. The van der Waals surface area contributed by atoms with Crippen molar-refractivity contribution in [3.8, 4) is 0 Å². The van der Waals surface area contributed by atoms with E-state index in [1.165, 1.54) is 0 Å². The van der Waals surface area contributed by atoms with Crippen molar-refractivity contribution in [3.05, 3.63) is 106 Å². The van der Waals surface area contributed by atoms with E-state index in [1.54, 1.807) is 79.1 Å². The molecule has 0 N–H and O–H groups in total. The fourth-order valence-electron chi connectivity index (χ4n) is 4.34. The molecule has 0 amide bonds. The molecule has 5 atom stereocenters. The summed E-state index contributed by atoms with van der Waals surface area (Å²) in [7, 11) is 1.16. The van der Waals surface area contributed by atoms with Crippen molar-refractivity contribution in [1.29, 1.82) is 0 Å². The second kappa shape index (κ2) is 13.7. The number of ether oxygens (including phenoxy) is 5. The molecule has 220 valence electrons. The van der Waals surface area contributed by atoms with Gasteiger partial charge in [0.1, 0.15) is 5.44 Å². The minimum Gasteiger partial charge on any atom is -0.467 e. The maximum atomic E-state index is 13.4. The van der Waals surface area contributed by atoms with E-state index in [4.69, 9.17) is 23.7 Å². The molecular formula is C32H32O9S. The van der Waals surface area contributed by atoms with Gasteiger partial charge in [0.2, 0.25) is 0 Å². The van der Waals surface area contributed by atoms with Crippen LogP contribution in [0.1, 0.15) is 47.8 Å². The van der Waals surface area contributed by atoms with E-state index in [9.17, 15) is 19.2 Å². The van der Waals surface area contributed by atoms with Crippen LogP contribution < -0.4 is 0 Å². The minimum absolute atomic E-state index is 0.202. The average Bonchev–Trinajstić information content (AvgIpc) is 2.99. The molecule has 9 nitrogen and oxygen atoms in total. The fourth-order valence-corrected chi connectivity index (χ4v) is 5.05. The third-order valence-corrected chi connectivity index (χ3v) is 7.60. The Morgan fingerprint density at radius 1 is 0.595 bits per heavy atom. The van der Waals surface area contributed by atoms with Crippen LogP contribution in [0.2, 0.25) is 0 Å². The van der Waals surface area contributed by atoms with Crippen LogP contribution in [-0.4, -0.2) is 67.1 Å². The van der Waals surface area contributed by atoms with Gasteiger partial charge < -0.3 is 23.7 Å². The normalized spacial score (nSPS) is 21.6. The van der Waals surface area contributed by atoms with Gasteiger partial charge in [-0.3, -0.25) is 0 Å². The van der Waals surface area contributed by atoms with Crippen LogP contribution in [0.15, 0.2) is 72.8 Å². The lowest BCUT2D eigenvalue weighted by Crippen LogP contribution is -2.62. The standard InChI is InChI=1S/C32H32O9S/c1-18-6-12-21(13-7-18)28(33)38-24-25(39-29(34)22-14-8-19(2)9-15-22)27(32(42-5)41-26(24)31(36)37-4)40-30(35)23-16-10-20(3)11-17-23/h6-17,24-27,32H,1-5H3/t24-,25-,26-,27+,32-/m0/s1. The second-order valence-corrected chi connectivity index (χ2v) is 10.8. The van der Waals surface area contributed by atoms with Crippen molar-refractivity contribution >= 4 is 35.6 Å². The monoisotopic (exact) mass is 592 g/mol. The summed E-state index contributed by atoms with van der Waals surface area (Å²) in [6.07, 6.45) is -4.01. The molecule has 0 aliphatic carbocycles. The summed E-state index contributed by atoms with van der Waals surface area (Å²) in [5.41, 5.74) is 2.50. The molecule has 0 saturated carbocycles. The van der Waals surface area contributed by atoms with Gasteiger partial charge in [0.25, 0.3) is 0 Å². The highest BCUT2D eigenvalue weighted by atomic mass is 32.2. The van der Waals surface area contributed by atoms with E-state index in [-0.39, 0.29) is 16.7 Å². The lowest BCUT2D eigenvalue weighted by Gasteiger charge is -2.43. The molecule has 3 aromatic rings. The SMILES string of the molecule is COC(=O)[C@H]1O[C@@H](SC)[C@H](OC(=O)c2ccc(C)cc2)[C@@H](OC(=O)c2ccc(C)cc2)[C@@H]1OC(=O)c1ccc(C)cc1. The highest BCUT2D eigenvalue weighted by molar-refractivity contribution is 7.99. The number of carbonyl (C=O) groups excluding carboxylic acids is 4. The summed E-state index contributed by atoms with van der Waals surface area (Å²) in [6.45, 7) is 5.63. The van der Waals surface area contributed by atoms with Crippen LogP contribution in [0.3, 0.4) is 0 Å². The van der Waals surface area contributed by atoms with Crippen molar-refractivity contribution in [2.45, 2.75) is 50.6 Å². The molecule has 1 aliphatic rings. The first-order valence-corrected chi connectivity index (χ1v) is 14.5. The Balaban J connectivity index is 1.75. The highest BCUT2D eigenvalue weighted by Gasteiger charge is 2.55. The number of methoxy groups -OCH3 is 1. The summed E-state index contributed by atoms with van der Waals surface area (Å²) >= 11 is 1.13. The lowest BCUT2D eigenvalue weighted by atomic mass is 9.98. The molecule has 1 fully saturated rings. The Labute approximate surface area is 248 Å². The Morgan fingerprint density at radius 2 is 0.952 bits per heavy atom. The smallest absolute Gasteiger partial charge is 0.339 e. The maximum absolute atomic E-state index is 13.4. The lowest BCUT2D eigenvalue weighted by molar-refractivity contribution is -0.211. The minimum atomic E-state index is -1.51. The van der Waals surface area contributed by atoms with E-state index in [0.29, 0.717) is 0 Å². The molecule has 1 aliphatic heterocycles. The van der Waals surface area contributed by atoms with Gasteiger partial charge >= 0.3 is 23.9 Å². The molecule has 0 unspecified atom stereocenters. The van der Waals surface area contributed by atoms with Gasteiger partial charge in [-0.2, -0.15) is 0 Å². The molecule has 3 aromatic carbocycles. The second-order valence-electron chi connectivity index (χ2n) is 9.89. The highest BCUT2D eigenvalue weighted by Crippen LogP contribution is 2.35. The first-order chi connectivity index (χ1) is 20.1. The van der Waals surface area contributed by atoms with E-state index in [1.807, 2.05) is 20.8 Å². The van der Waals surface area contributed by atoms with Crippen molar-refractivity contribution in [2.75, 3.05) is 13.4 Å². The predicted molar refractivity (Wildman–Crippen MR) is 155 cm³/mol. The van der Waals surface area contributed by atoms with Crippen molar-refractivity contribution in [1.82, 2.24) is 0 Å². The van der Waals surface area contributed by atoms with Gasteiger partial charge in [0.05, 0.1) is 23.8 Å². The van der Waals surface area contributed by atoms with Crippen molar-refractivity contribution in [2.24, 2.45) is 0 Å². The van der Waals surface area contributed by atoms with Crippen LogP contribution >= 0.6 is 11.8 Å². The van der Waals surface area contributed by atoms with E-state index in [2.05, 4.69) is 0 Å². The Morgan fingerprint density at radius 3 is 1.31 bits per heavy atom. The van der Waals surface area contributed by atoms with E-state index in [0.717, 1.165) is 35.6 Å². The van der Waals surface area contributed by atoms with Crippen LogP contribution in [-0.2, 0) is 28.5 Å². The molecule has 0 spiro atoms. The third-order valence-electron chi connectivity index (χ3n) is 6.75. The molecule has 1 heterocycles. The number of hydrogen-bond acceptors (Lipinski definition) is 10. The number of hydrogen-bond donors (Lipinski definition) is 0. The topological polar surface area (TPSA) is 114 Å². The Hall–Kier alpha value is -4.15. The Kier molecular flexibility index (Phi) is 10.0. The first-order valence-electron chi connectivity index (χ1n) is 13.2. The van der Waals surface area contributed by atoms with Gasteiger partial charge in [-0.1, -0.05) is 53.1 Å². The van der Waals surface area contributed by atoms with Gasteiger partial charge in [-0.15, -0.1) is 11.8 Å². The van der Waals surface area contributed by atoms with Crippen LogP contribution in [0.25, 0.3) is 0 Å².